The summed E-state index contributed by atoms with van der Waals surface area (Å²) < 4.78 is 4.69. The van der Waals surface area contributed by atoms with E-state index in [0.29, 0.717) is 0 Å². The first kappa shape index (κ1) is 5.16. The van der Waals surface area contributed by atoms with Crippen molar-refractivity contribution in [1.29, 1.82) is 0 Å². The molecule has 0 N–H and O–H groups in total. The van der Waals surface area contributed by atoms with Gasteiger partial charge in [-0.2, -0.15) is 0 Å². The summed E-state index contributed by atoms with van der Waals surface area (Å²) in [5.41, 5.74) is 1.06. The fraction of sp³-hybridized carbons (Fsp3) is 0.143. The molecule has 0 spiro atoms. The Balaban J connectivity index is 2.62. The highest BCUT2D eigenvalue weighted by Gasteiger charge is 1.87. The predicted molar refractivity (Wildman–Crippen MR) is 31.4 cm³/mol. The summed E-state index contributed by atoms with van der Waals surface area (Å²) >= 11 is 0. The van der Waals surface area contributed by atoms with E-state index in [1.165, 1.54) is 0 Å². The van der Waals surface area contributed by atoms with Crippen LogP contribution in [0.25, 0.3) is 0 Å². The second kappa shape index (κ2) is 2.36. The lowest BCUT2D eigenvalue weighted by Crippen LogP contribution is -1.70. The van der Waals surface area contributed by atoms with Gasteiger partial charge in [-0.1, -0.05) is 6.08 Å². The van der Waals surface area contributed by atoms with Crippen molar-refractivity contribution in [3.63, 3.8) is 0 Å². The van der Waals surface area contributed by atoms with Gasteiger partial charge in [-0.15, -0.1) is 6.58 Å². The minimum Gasteiger partial charge on any atom is -0.461 e. The molecule has 41 valence electrons. The topological polar surface area (TPSA) is 13.1 Å². The number of hydrogen-bond acceptors (Lipinski definition) is 1. The second-order valence-corrected chi connectivity index (χ2v) is 1.54. The van der Waals surface area contributed by atoms with Crippen LogP contribution >= 0.6 is 0 Å². The van der Waals surface area contributed by atoms with Crippen LogP contribution in [-0.4, -0.2) is 0 Å². The molecule has 1 radical (unpaired) electrons. The van der Waals surface area contributed by atoms with Gasteiger partial charge in [0.1, 0.15) is 0 Å². The van der Waals surface area contributed by atoms with Crippen molar-refractivity contribution in [3.8, 4) is 0 Å². The molecule has 8 heavy (non-hydrogen) atoms. The van der Waals surface area contributed by atoms with Gasteiger partial charge in [0, 0.05) is 5.56 Å². The number of hydrogen-bond donors (Lipinski definition) is 0. The molecule has 1 heterocycles. The van der Waals surface area contributed by atoms with Crippen molar-refractivity contribution in [2.24, 2.45) is 0 Å². The van der Waals surface area contributed by atoms with E-state index in [0.717, 1.165) is 12.0 Å². The van der Waals surface area contributed by atoms with Crippen molar-refractivity contribution in [3.05, 3.63) is 36.8 Å². The van der Waals surface area contributed by atoms with Crippen LogP contribution in [0, 0.1) is 6.26 Å². The van der Waals surface area contributed by atoms with Crippen molar-refractivity contribution >= 4 is 0 Å². The van der Waals surface area contributed by atoms with Gasteiger partial charge in [0.2, 0.25) is 0 Å². The third kappa shape index (κ3) is 0.997. The Morgan fingerprint density at radius 2 is 2.75 bits per heavy atom. The van der Waals surface area contributed by atoms with E-state index in [-0.39, 0.29) is 0 Å². The molecular weight excluding hydrogens is 100 g/mol. The maximum absolute atomic E-state index is 4.69. The average molecular weight is 107 g/mol. The number of rotatable bonds is 2. The van der Waals surface area contributed by atoms with Gasteiger partial charge in [0.25, 0.3) is 0 Å². The maximum Gasteiger partial charge on any atom is 0.172 e. The summed E-state index contributed by atoms with van der Waals surface area (Å²) in [5, 5.41) is 0. The van der Waals surface area contributed by atoms with Crippen LogP contribution < -0.4 is 0 Å². The van der Waals surface area contributed by atoms with Crippen LogP contribution in [0.2, 0.25) is 0 Å². The molecule has 0 saturated carbocycles. The third-order valence-corrected chi connectivity index (χ3v) is 0.892. The summed E-state index contributed by atoms with van der Waals surface area (Å²) in [4.78, 5) is 0. The second-order valence-electron chi connectivity index (χ2n) is 1.54. The van der Waals surface area contributed by atoms with Gasteiger partial charge in [-0.3, -0.25) is 0 Å². The van der Waals surface area contributed by atoms with E-state index in [9.17, 15) is 0 Å². The Bertz CT molecular complexity index is 151. The molecule has 1 rings (SSSR count). The van der Waals surface area contributed by atoms with Gasteiger partial charge in [0.15, 0.2) is 6.26 Å². The van der Waals surface area contributed by atoms with Gasteiger partial charge >= 0.3 is 0 Å². The van der Waals surface area contributed by atoms with Gasteiger partial charge in [0.05, 0.1) is 6.26 Å². The lowest BCUT2D eigenvalue weighted by molar-refractivity contribution is 0.555. The van der Waals surface area contributed by atoms with E-state index in [1.54, 1.807) is 6.26 Å². The molecule has 1 aromatic heterocycles. The zero-order valence-electron chi connectivity index (χ0n) is 4.55. The summed E-state index contributed by atoms with van der Waals surface area (Å²) in [6, 6.07) is 1.88. The van der Waals surface area contributed by atoms with Crippen LogP contribution in [0.5, 0.6) is 0 Å². The summed E-state index contributed by atoms with van der Waals surface area (Å²) in [6.45, 7) is 3.57. The normalized spacial score (nSPS) is 9.00. The molecular formula is C7H7O. The number of furan rings is 1. The fourth-order valence-electron chi connectivity index (χ4n) is 0.525. The van der Waals surface area contributed by atoms with E-state index in [2.05, 4.69) is 12.8 Å². The van der Waals surface area contributed by atoms with Crippen LogP contribution in [0.15, 0.2) is 29.4 Å². The largest absolute Gasteiger partial charge is 0.461 e. The van der Waals surface area contributed by atoms with Crippen molar-refractivity contribution < 1.29 is 4.42 Å². The van der Waals surface area contributed by atoms with Gasteiger partial charge < -0.3 is 4.42 Å². The van der Waals surface area contributed by atoms with Crippen LogP contribution in [0.1, 0.15) is 5.56 Å². The predicted octanol–water partition coefficient (Wildman–Crippen LogP) is 1.81. The maximum atomic E-state index is 4.69. The van der Waals surface area contributed by atoms with Gasteiger partial charge in [-0.05, 0) is 12.5 Å². The first-order valence-electron chi connectivity index (χ1n) is 2.48. The molecule has 1 aromatic rings. The molecule has 0 aromatic carbocycles. The summed E-state index contributed by atoms with van der Waals surface area (Å²) in [5.74, 6) is 0. The zero-order valence-corrected chi connectivity index (χ0v) is 4.55. The molecule has 0 aliphatic heterocycles. The first-order chi connectivity index (χ1) is 3.93. The summed E-state index contributed by atoms with van der Waals surface area (Å²) in [6.07, 6.45) is 6.97. The van der Waals surface area contributed by atoms with Crippen LogP contribution in [-0.2, 0) is 6.42 Å². The average Bonchev–Trinajstić information content (AvgIpc) is 2.19. The first-order valence-corrected chi connectivity index (χ1v) is 2.48. The number of allylic oxidation sites excluding steroid dienone is 1. The highest BCUT2D eigenvalue weighted by atomic mass is 16.3. The molecule has 0 atom stereocenters. The molecule has 1 heteroatoms. The smallest absolute Gasteiger partial charge is 0.172 e. The Morgan fingerprint density at radius 1 is 1.88 bits per heavy atom. The van der Waals surface area contributed by atoms with E-state index >= 15 is 0 Å². The Kier molecular flexibility index (Phi) is 1.52. The zero-order chi connectivity index (χ0) is 5.82. The van der Waals surface area contributed by atoms with Crippen molar-refractivity contribution in [2.75, 3.05) is 0 Å². The van der Waals surface area contributed by atoms with Crippen molar-refractivity contribution in [2.45, 2.75) is 6.42 Å². The molecule has 1 nitrogen and oxygen atoms in total. The molecule has 0 aliphatic rings. The SMILES string of the molecule is C=CCc1[c]occ1. The van der Waals surface area contributed by atoms with E-state index in [1.807, 2.05) is 12.1 Å². The van der Waals surface area contributed by atoms with E-state index < -0.39 is 0 Å². The monoisotopic (exact) mass is 107 g/mol. The van der Waals surface area contributed by atoms with Crippen LogP contribution in [0.3, 0.4) is 0 Å². The highest BCUT2D eigenvalue weighted by Crippen LogP contribution is 1.98. The molecule has 0 saturated heterocycles. The lowest BCUT2D eigenvalue weighted by Gasteiger charge is -1.78. The van der Waals surface area contributed by atoms with Crippen LogP contribution in [0.4, 0.5) is 0 Å². The Morgan fingerprint density at radius 3 is 3.25 bits per heavy atom. The molecule has 0 unspecified atom stereocenters. The minimum atomic E-state index is 0.844. The third-order valence-electron chi connectivity index (χ3n) is 0.892. The Labute approximate surface area is 48.6 Å². The summed E-state index contributed by atoms with van der Waals surface area (Å²) in [7, 11) is 0. The molecule has 0 amide bonds. The lowest BCUT2D eigenvalue weighted by atomic mass is 10.2. The van der Waals surface area contributed by atoms with E-state index in [4.69, 9.17) is 4.42 Å². The van der Waals surface area contributed by atoms with Gasteiger partial charge in [-0.25, -0.2) is 0 Å². The molecule has 0 fully saturated rings. The fourth-order valence-corrected chi connectivity index (χ4v) is 0.525. The standard InChI is InChI=1S/C7H7O/c1-2-3-7-4-5-8-6-7/h2,4-5H,1,3H2. The highest BCUT2D eigenvalue weighted by molar-refractivity contribution is 5.07. The molecule has 0 aliphatic carbocycles. The van der Waals surface area contributed by atoms with Crippen molar-refractivity contribution in [1.82, 2.24) is 0 Å². The minimum absolute atomic E-state index is 0.844. The molecule has 0 bridgehead atoms. The Hall–Kier alpha value is -0.980. The quantitative estimate of drug-likeness (QED) is 0.525.